The van der Waals surface area contributed by atoms with Crippen LogP contribution in [-0.4, -0.2) is 44.5 Å². The first kappa shape index (κ1) is 19.7. The molecule has 144 valence electrons. The maximum Gasteiger partial charge on any atom is 0.261 e. The van der Waals surface area contributed by atoms with Crippen LogP contribution in [-0.2, 0) is 14.8 Å². The van der Waals surface area contributed by atoms with E-state index in [1.807, 2.05) is 13.8 Å². The zero-order valence-corrected chi connectivity index (χ0v) is 16.6. The third-order valence-electron chi connectivity index (χ3n) is 4.23. The van der Waals surface area contributed by atoms with E-state index < -0.39 is 10.0 Å². The molecule has 2 atom stereocenters. The second-order valence-electron chi connectivity index (χ2n) is 6.57. The smallest absolute Gasteiger partial charge is 0.261 e. The molecular formula is C19H21ClN2O4S. The number of hydrogen-bond acceptors (Lipinski definition) is 4. The summed E-state index contributed by atoms with van der Waals surface area (Å²) in [7, 11) is -3.84. The molecular weight excluding hydrogens is 388 g/mol. The number of anilines is 1. The van der Waals surface area contributed by atoms with Crippen LogP contribution in [0, 0.1) is 0 Å². The van der Waals surface area contributed by atoms with Gasteiger partial charge in [-0.15, -0.1) is 0 Å². The summed E-state index contributed by atoms with van der Waals surface area (Å²) in [4.78, 5) is 14.8. The summed E-state index contributed by atoms with van der Waals surface area (Å²) >= 11 is 5.82. The molecule has 2 aromatic rings. The van der Waals surface area contributed by atoms with E-state index in [-0.39, 0.29) is 28.7 Å². The van der Waals surface area contributed by atoms with Gasteiger partial charge in [0.2, 0.25) is 0 Å². The average molecular weight is 409 g/mol. The Hall–Kier alpha value is -2.09. The molecule has 1 aliphatic heterocycles. The SMILES string of the molecule is C[C@H]1CN(C(=O)c2ccccc2NS(=O)(=O)c2ccc(Cl)cc2)C[C@H](C)O1. The van der Waals surface area contributed by atoms with Gasteiger partial charge < -0.3 is 9.64 Å². The van der Waals surface area contributed by atoms with E-state index in [2.05, 4.69) is 4.72 Å². The van der Waals surface area contributed by atoms with Crippen molar-refractivity contribution in [2.45, 2.75) is 31.0 Å². The minimum atomic E-state index is -3.84. The first-order chi connectivity index (χ1) is 12.8. The monoisotopic (exact) mass is 408 g/mol. The van der Waals surface area contributed by atoms with E-state index in [9.17, 15) is 13.2 Å². The Morgan fingerprint density at radius 2 is 1.67 bits per heavy atom. The molecule has 1 aliphatic rings. The lowest BCUT2D eigenvalue weighted by Gasteiger charge is -2.35. The Balaban J connectivity index is 1.88. The van der Waals surface area contributed by atoms with Crippen LogP contribution in [0.15, 0.2) is 53.4 Å². The summed E-state index contributed by atoms with van der Waals surface area (Å²) in [6, 6.07) is 12.4. The van der Waals surface area contributed by atoms with Gasteiger partial charge in [0.25, 0.3) is 15.9 Å². The molecule has 6 nitrogen and oxygen atoms in total. The Labute approximate surface area is 164 Å². The lowest BCUT2D eigenvalue weighted by molar-refractivity contribution is -0.0585. The van der Waals surface area contributed by atoms with Gasteiger partial charge in [-0.1, -0.05) is 23.7 Å². The molecule has 1 heterocycles. The van der Waals surface area contributed by atoms with Crippen LogP contribution in [0.25, 0.3) is 0 Å². The number of amides is 1. The molecule has 1 saturated heterocycles. The van der Waals surface area contributed by atoms with Crippen LogP contribution in [0.5, 0.6) is 0 Å². The molecule has 0 spiro atoms. The number of ether oxygens (including phenoxy) is 1. The quantitative estimate of drug-likeness (QED) is 0.841. The highest BCUT2D eigenvalue weighted by Crippen LogP contribution is 2.24. The van der Waals surface area contributed by atoms with Gasteiger partial charge in [-0.2, -0.15) is 0 Å². The van der Waals surface area contributed by atoms with Crippen molar-refractivity contribution in [2.24, 2.45) is 0 Å². The normalized spacial score (nSPS) is 20.3. The number of morpholine rings is 1. The van der Waals surface area contributed by atoms with Crippen LogP contribution in [0.4, 0.5) is 5.69 Å². The highest BCUT2D eigenvalue weighted by atomic mass is 35.5. The van der Waals surface area contributed by atoms with Crippen molar-refractivity contribution in [1.29, 1.82) is 0 Å². The zero-order chi connectivity index (χ0) is 19.6. The molecule has 1 amide bonds. The first-order valence-electron chi connectivity index (χ1n) is 8.58. The maximum absolute atomic E-state index is 13.0. The Morgan fingerprint density at radius 1 is 1.07 bits per heavy atom. The van der Waals surface area contributed by atoms with E-state index in [4.69, 9.17) is 16.3 Å². The van der Waals surface area contributed by atoms with Crippen LogP contribution in [0.2, 0.25) is 5.02 Å². The van der Waals surface area contributed by atoms with Crippen molar-refractivity contribution in [3.8, 4) is 0 Å². The Bertz CT molecular complexity index is 921. The number of carbonyl (C=O) groups excluding carboxylic acids is 1. The van der Waals surface area contributed by atoms with Crippen LogP contribution < -0.4 is 4.72 Å². The lowest BCUT2D eigenvalue weighted by Crippen LogP contribution is -2.48. The fraction of sp³-hybridized carbons (Fsp3) is 0.316. The summed E-state index contributed by atoms with van der Waals surface area (Å²) in [6.45, 7) is 4.74. The van der Waals surface area contributed by atoms with Crippen molar-refractivity contribution in [1.82, 2.24) is 4.90 Å². The molecule has 0 aliphatic carbocycles. The third-order valence-corrected chi connectivity index (χ3v) is 5.87. The number of hydrogen-bond donors (Lipinski definition) is 1. The molecule has 2 aromatic carbocycles. The van der Waals surface area contributed by atoms with E-state index in [1.165, 1.54) is 24.3 Å². The minimum Gasteiger partial charge on any atom is -0.372 e. The summed E-state index contributed by atoms with van der Waals surface area (Å²) < 4.78 is 33.5. The van der Waals surface area contributed by atoms with Gasteiger partial charge in [0.15, 0.2) is 0 Å². The molecule has 1 fully saturated rings. The van der Waals surface area contributed by atoms with E-state index >= 15 is 0 Å². The van der Waals surface area contributed by atoms with Gasteiger partial charge in [0.05, 0.1) is 28.4 Å². The molecule has 8 heteroatoms. The number of nitrogens with one attached hydrogen (secondary N) is 1. The minimum absolute atomic E-state index is 0.0720. The fourth-order valence-corrected chi connectivity index (χ4v) is 4.30. The number of halogens is 1. The number of rotatable bonds is 4. The first-order valence-corrected chi connectivity index (χ1v) is 10.4. The van der Waals surface area contributed by atoms with Crippen molar-refractivity contribution in [2.75, 3.05) is 17.8 Å². The van der Waals surface area contributed by atoms with Gasteiger partial charge in [0.1, 0.15) is 0 Å². The van der Waals surface area contributed by atoms with E-state index in [1.54, 1.807) is 29.2 Å². The number of sulfonamides is 1. The van der Waals surface area contributed by atoms with Gasteiger partial charge in [-0.3, -0.25) is 9.52 Å². The van der Waals surface area contributed by atoms with Crippen LogP contribution >= 0.6 is 11.6 Å². The van der Waals surface area contributed by atoms with E-state index in [0.29, 0.717) is 23.7 Å². The summed E-state index contributed by atoms with van der Waals surface area (Å²) in [5.74, 6) is -0.230. The predicted molar refractivity (Wildman–Crippen MR) is 105 cm³/mol. The van der Waals surface area contributed by atoms with Gasteiger partial charge in [-0.05, 0) is 50.2 Å². The number of para-hydroxylation sites is 1. The molecule has 0 radical (unpaired) electrons. The second-order valence-corrected chi connectivity index (χ2v) is 8.69. The van der Waals surface area contributed by atoms with Gasteiger partial charge >= 0.3 is 0 Å². The summed E-state index contributed by atoms with van der Waals surface area (Å²) in [6.07, 6.45) is -0.147. The zero-order valence-electron chi connectivity index (χ0n) is 15.1. The predicted octanol–water partition coefficient (Wildman–Crippen LogP) is 3.39. The highest BCUT2D eigenvalue weighted by molar-refractivity contribution is 7.92. The fourth-order valence-electron chi connectivity index (χ4n) is 3.09. The standard InChI is InChI=1S/C19H21ClN2O4S/c1-13-11-22(12-14(2)26-13)19(23)17-5-3-4-6-18(17)21-27(24,25)16-9-7-15(20)8-10-16/h3-10,13-14,21H,11-12H2,1-2H3/t13-,14-/m0/s1. The van der Waals surface area contributed by atoms with Gasteiger partial charge in [0, 0.05) is 18.1 Å². The number of benzene rings is 2. The molecule has 0 saturated carbocycles. The molecule has 3 rings (SSSR count). The number of nitrogens with zero attached hydrogens (tertiary/aromatic N) is 1. The van der Waals surface area contributed by atoms with Crippen molar-refractivity contribution in [3.63, 3.8) is 0 Å². The van der Waals surface area contributed by atoms with Crippen molar-refractivity contribution in [3.05, 3.63) is 59.1 Å². The molecule has 0 aromatic heterocycles. The van der Waals surface area contributed by atoms with Gasteiger partial charge in [-0.25, -0.2) is 8.42 Å². The third kappa shape index (κ3) is 4.61. The molecule has 0 bridgehead atoms. The molecule has 27 heavy (non-hydrogen) atoms. The average Bonchev–Trinajstić information content (AvgIpc) is 2.61. The van der Waals surface area contributed by atoms with E-state index in [0.717, 1.165) is 0 Å². The molecule has 0 unspecified atom stereocenters. The Kier molecular flexibility index (Phi) is 5.74. The summed E-state index contributed by atoms with van der Waals surface area (Å²) in [5, 5.41) is 0.445. The van der Waals surface area contributed by atoms with Crippen molar-refractivity contribution < 1.29 is 17.9 Å². The molecule has 1 N–H and O–H groups in total. The van der Waals surface area contributed by atoms with Crippen LogP contribution in [0.3, 0.4) is 0 Å². The second kappa shape index (κ2) is 7.88. The highest BCUT2D eigenvalue weighted by Gasteiger charge is 2.28. The summed E-state index contributed by atoms with van der Waals surface area (Å²) in [5.41, 5.74) is 0.542. The lowest BCUT2D eigenvalue weighted by atomic mass is 10.1. The van der Waals surface area contributed by atoms with Crippen molar-refractivity contribution >= 4 is 33.2 Å². The van der Waals surface area contributed by atoms with Crippen LogP contribution in [0.1, 0.15) is 24.2 Å². The largest absolute Gasteiger partial charge is 0.372 e. The topological polar surface area (TPSA) is 75.7 Å². The maximum atomic E-state index is 13.0. The number of carbonyl (C=O) groups is 1. The Morgan fingerprint density at radius 3 is 2.30 bits per heavy atom.